The summed E-state index contributed by atoms with van der Waals surface area (Å²) in [7, 11) is -3.54. The largest absolute Gasteiger partial charge is 1.00 e. The Balaban J connectivity index is 0. The van der Waals surface area contributed by atoms with Gasteiger partial charge < -0.3 is 1.43 Å². The minimum atomic E-state index is -3.54. The number of pyridine rings is 1. The topological polar surface area (TPSA) is 73.1 Å². The van der Waals surface area contributed by atoms with Gasteiger partial charge >= 0.3 is 51.4 Å². The van der Waals surface area contributed by atoms with E-state index in [9.17, 15) is 8.42 Å². The standard InChI is InChI=1S/C7H8N2O2S.K.H/c8-12(10,11)6-4-7-3-1-2-5-9-7;;/h1-6H,(H2,8,10,11);;/q;+1;-1. The van der Waals surface area contributed by atoms with E-state index in [4.69, 9.17) is 5.14 Å². The van der Waals surface area contributed by atoms with E-state index in [-0.39, 0.29) is 52.8 Å². The summed E-state index contributed by atoms with van der Waals surface area (Å²) in [4.78, 5) is 3.88. The molecule has 0 unspecified atom stereocenters. The minimum Gasteiger partial charge on any atom is -1.00 e. The minimum absolute atomic E-state index is 0. The summed E-state index contributed by atoms with van der Waals surface area (Å²) in [5.41, 5.74) is 0.562. The normalized spacial score (nSPS) is 11.2. The second-order valence-electron chi connectivity index (χ2n) is 2.15. The molecule has 6 heteroatoms. The number of aromatic nitrogens is 1. The van der Waals surface area contributed by atoms with E-state index in [1.165, 1.54) is 6.08 Å². The molecular formula is C7H9KN2O2S. The van der Waals surface area contributed by atoms with Crippen LogP contribution in [0.5, 0.6) is 0 Å². The Labute approximate surface area is 121 Å². The van der Waals surface area contributed by atoms with Gasteiger partial charge in [0, 0.05) is 11.6 Å². The van der Waals surface area contributed by atoms with Crippen molar-refractivity contribution in [2.45, 2.75) is 0 Å². The average Bonchev–Trinajstić information content (AvgIpc) is 2.02. The first-order valence-corrected chi connectivity index (χ1v) is 4.81. The number of sulfonamides is 1. The van der Waals surface area contributed by atoms with Gasteiger partial charge in [-0.2, -0.15) is 0 Å². The van der Waals surface area contributed by atoms with E-state index in [1.54, 1.807) is 24.4 Å². The predicted octanol–water partition coefficient (Wildman–Crippen LogP) is -2.54. The molecule has 1 aromatic heterocycles. The number of rotatable bonds is 2. The van der Waals surface area contributed by atoms with Gasteiger partial charge in [0.05, 0.1) is 5.69 Å². The number of nitrogens with zero attached hydrogens (tertiary/aromatic N) is 1. The van der Waals surface area contributed by atoms with Gasteiger partial charge in [-0.15, -0.1) is 0 Å². The van der Waals surface area contributed by atoms with Gasteiger partial charge in [0.15, 0.2) is 0 Å². The molecule has 0 aliphatic rings. The molecule has 0 aliphatic carbocycles. The summed E-state index contributed by atoms with van der Waals surface area (Å²) in [5.74, 6) is 0. The first kappa shape index (κ1) is 13.4. The van der Waals surface area contributed by atoms with Crippen molar-refractivity contribution in [3.05, 3.63) is 35.5 Å². The molecule has 0 fully saturated rings. The molecule has 4 nitrogen and oxygen atoms in total. The Morgan fingerprint density at radius 2 is 2.15 bits per heavy atom. The van der Waals surface area contributed by atoms with Gasteiger partial charge in [-0.1, -0.05) is 6.07 Å². The van der Waals surface area contributed by atoms with Crippen molar-refractivity contribution in [3.8, 4) is 0 Å². The third-order valence-corrected chi connectivity index (χ3v) is 1.63. The van der Waals surface area contributed by atoms with Crippen LogP contribution in [-0.4, -0.2) is 13.4 Å². The third kappa shape index (κ3) is 6.50. The van der Waals surface area contributed by atoms with Crippen LogP contribution >= 0.6 is 0 Å². The first-order valence-electron chi connectivity index (χ1n) is 3.20. The molecular weight excluding hydrogens is 215 g/mol. The summed E-state index contributed by atoms with van der Waals surface area (Å²) < 4.78 is 20.9. The van der Waals surface area contributed by atoms with Crippen LogP contribution < -0.4 is 56.5 Å². The van der Waals surface area contributed by atoms with Crippen LogP contribution in [-0.2, 0) is 10.0 Å². The summed E-state index contributed by atoms with van der Waals surface area (Å²) in [6.07, 6.45) is 2.91. The van der Waals surface area contributed by atoms with E-state index in [1.807, 2.05) is 0 Å². The smallest absolute Gasteiger partial charge is 1.00 e. The first-order chi connectivity index (χ1) is 5.58. The van der Waals surface area contributed by atoms with Gasteiger partial charge in [0.25, 0.3) is 0 Å². The maximum absolute atomic E-state index is 10.5. The molecule has 0 bridgehead atoms. The Morgan fingerprint density at radius 1 is 1.46 bits per heavy atom. The number of hydrogen-bond donors (Lipinski definition) is 1. The molecule has 1 rings (SSSR count). The van der Waals surface area contributed by atoms with E-state index in [2.05, 4.69) is 4.98 Å². The zero-order chi connectivity index (χ0) is 9.03. The Morgan fingerprint density at radius 3 is 2.62 bits per heavy atom. The second-order valence-corrected chi connectivity index (χ2v) is 3.60. The number of hydrogen-bond acceptors (Lipinski definition) is 3. The molecule has 0 atom stereocenters. The molecule has 13 heavy (non-hydrogen) atoms. The molecule has 1 aromatic rings. The fourth-order valence-electron chi connectivity index (χ4n) is 0.639. The molecule has 1 heterocycles. The van der Waals surface area contributed by atoms with Crippen LogP contribution in [0.3, 0.4) is 0 Å². The zero-order valence-electron chi connectivity index (χ0n) is 8.21. The monoisotopic (exact) mass is 224 g/mol. The van der Waals surface area contributed by atoms with E-state index < -0.39 is 10.0 Å². The van der Waals surface area contributed by atoms with Crippen molar-refractivity contribution in [2.75, 3.05) is 0 Å². The maximum atomic E-state index is 10.5. The second kappa shape index (κ2) is 6.02. The van der Waals surface area contributed by atoms with Crippen LogP contribution in [0, 0.1) is 0 Å². The van der Waals surface area contributed by atoms with Crippen molar-refractivity contribution >= 4 is 16.1 Å². The van der Waals surface area contributed by atoms with Crippen molar-refractivity contribution < 1.29 is 61.2 Å². The van der Waals surface area contributed by atoms with Gasteiger partial charge in [0.1, 0.15) is 0 Å². The number of primary sulfonamides is 1. The SMILES string of the molecule is NS(=O)(=O)C=Cc1ccccn1.[H-].[K+]. The van der Waals surface area contributed by atoms with E-state index in [0.29, 0.717) is 5.69 Å². The summed E-state index contributed by atoms with van der Waals surface area (Å²) in [5, 5.41) is 5.65. The van der Waals surface area contributed by atoms with Crippen molar-refractivity contribution in [2.24, 2.45) is 5.14 Å². The summed E-state index contributed by atoms with van der Waals surface area (Å²) >= 11 is 0. The van der Waals surface area contributed by atoms with Crippen molar-refractivity contribution in [1.29, 1.82) is 0 Å². The van der Waals surface area contributed by atoms with Crippen LogP contribution in [0.1, 0.15) is 7.12 Å². The van der Waals surface area contributed by atoms with Crippen LogP contribution in [0.4, 0.5) is 0 Å². The fraction of sp³-hybridized carbons (Fsp3) is 0. The molecule has 0 aromatic carbocycles. The quantitative estimate of drug-likeness (QED) is 0.562. The maximum Gasteiger partial charge on any atom is 1.00 e. The van der Waals surface area contributed by atoms with E-state index >= 15 is 0 Å². The summed E-state index contributed by atoms with van der Waals surface area (Å²) in [6.45, 7) is 0. The van der Waals surface area contributed by atoms with Crippen LogP contribution in [0.25, 0.3) is 6.08 Å². The van der Waals surface area contributed by atoms with Gasteiger partial charge in [-0.05, 0) is 18.2 Å². The van der Waals surface area contributed by atoms with Crippen molar-refractivity contribution in [1.82, 2.24) is 4.98 Å². The molecule has 2 N–H and O–H groups in total. The fourth-order valence-corrected chi connectivity index (χ4v) is 0.968. The molecule has 0 spiro atoms. The molecule has 0 aliphatic heterocycles. The van der Waals surface area contributed by atoms with Crippen LogP contribution in [0.15, 0.2) is 29.8 Å². The van der Waals surface area contributed by atoms with Crippen molar-refractivity contribution in [3.63, 3.8) is 0 Å². The Bertz CT molecular complexity index is 380. The van der Waals surface area contributed by atoms with Gasteiger partial charge in [-0.3, -0.25) is 4.98 Å². The van der Waals surface area contributed by atoms with Gasteiger partial charge in [0.2, 0.25) is 10.0 Å². The molecule has 0 radical (unpaired) electrons. The van der Waals surface area contributed by atoms with E-state index in [0.717, 1.165) is 5.41 Å². The molecule has 0 saturated carbocycles. The number of nitrogens with two attached hydrogens (primary N) is 1. The Kier molecular flexibility index (Phi) is 6.22. The Hall–Kier alpha value is 0.436. The zero-order valence-corrected chi connectivity index (χ0v) is 11.2. The van der Waals surface area contributed by atoms with Gasteiger partial charge in [-0.25, -0.2) is 13.6 Å². The molecule has 0 amide bonds. The van der Waals surface area contributed by atoms with Crippen LogP contribution in [0.2, 0.25) is 0 Å². The summed E-state index contributed by atoms with van der Waals surface area (Å²) in [6, 6.07) is 5.19. The average molecular weight is 224 g/mol. The predicted molar refractivity (Wildman–Crippen MR) is 47.5 cm³/mol. The molecule has 0 saturated heterocycles. The molecule has 66 valence electrons. The third-order valence-electron chi connectivity index (χ3n) is 1.12.